The van der Waals surface area contributed by atoms with Gasteiger partial charge in [0.25, 0.3) is 5.56 Å². The summed E-state index contributed by atoms with van der Waals surface area (Å²) in [6.45, 7) is 1.43. The fourth-order valence-corrected chi connectivity index (χ4v) is 3.05. The van der Waals surface area contributed by atoms with Crippen LogP contribution in [0.25, 0.3) is 0 Å². The summed E-state index contributed by atoms with van der Waals surface area (Å²) < 4.78 is 40.5. The molecule has 0 aliphatic heterocycles. The molecule has 1 N–H and O–H groups in total. The number of aromatic hydroxyl groups is 1. The third-order valence-electron chi connectivity index (χ3n) is 4.70. The van der Waals surface area contributed by atoms with Crippen LogP contribution in [0, 0.1) is 18.3 Å². The second-order valence-electron chi connectivity index (χ2n) is 6.69. The summed E-state index contributed by atoms with van der Waals surface area (Å²) in [6.07, 6.45) is -4.26. The minimum absolute atomic E-state index is 0.0363. The van der Waals surface area contributed by atoms with Gasteiger partial charge in [0.05, 0.1) is 11.3 Å². The second-order valence-corrected chi connectivity index (χ2v) is 6.69. The van der Waals surface area contributed by atoms with Crippen LogP contribution in [0.1, 0.15) is 22.3 Å². The zero-order valence-corrected chi connectivity index (χ0v) is 16.4. The molecule has 3 aromatic rings. The number of hydrogen-bond acceptors (Lipinski definition) is 5. The van der Waals surface area contributed by atoms with Gasteiger partial charge in [0, 0.05) is 12.1 Å². The number of nitriles is 1. The number of nitrogens with zero attached hydrogens (tertiary/aromatic N) is 4. The van der Waals surface area contributed by atoms with Crippen molar-refractivity contribution < 1.29 is 18.3 Å². The summed E-state index contributed by atoms with van der Waals surface area (Å²) in [5.41, 5.74) is -1.77. The predicted octanol–water partition coefficient (Wildman–Crippen LogP) is 5.41. The van der Waals surface area contributed by atoms with Gasteiger partial charge in [0.2, 0.25) is 5.88 Å². The SMILES string of the molecule is Cc1c(C#N)c(O)n(CCc2ccccc2)c(=O)c1N=Nc1ccccc1C(F)(F)F. The highest BCUT2D eigenvalue weighted by molar-refractivity contribution is 5.57. The molecule has 2 aromatic carbocycles. The summed E-state index contributed by atoms with van der Waals surface area (Å²) in [7, 11) is 0. The average molecular weight is 426 g/mol. The first-order chi connectivity index (χ1) is 14.7. The van der Waals surface area contributed by atoms with Crippen molar-refractivity contribution in [1.82, 2.24) is 4.57 Å². The number of aryl methyl sites for hydroxylation is 1. The second kappa shape index (κ2) is 8.83. The topological polar surface area (TPSA) is 90.7 Å². The first kappa shape index (κ1) is 21.8. The molecule has 0 aliphatic rings. The number of rotatable bonds is 5. The van der Waals surface area contributed by atoms with E-state index in [9.17, 15) is 28.3 Å². The maximum Gasteiger partial charge on any atom is 0.418 e. The summed E-state index contributed by atoms with van der Waals surface area (Å²) >= 11 is 0. The Labute approximate surface area is 175 Å². The van der Waals surface area contributed by atoms with Crippen molar-refractivity contribution in [3.63, 3.8) is 0 Å². The molecule has 1 heterocycles. The lowest BCUT2D eigenvalue weighted by Crippen LogP contribution is -2.23. The molecule has 0 radical (unpaired) electrons. The molecule has 31 heavy (non-hydrogen) atoms. The Morgan fingerprint density at radius 3 is 2.35 bits per heavy atom. The van der Waals surface area contributed by atoms with E-state index in [1.54, 1.807) is 0 Å². The standard InChI is InChI=1S/C22H17F3N4O2/c1-14-16(13-26)20(30)29(12-11-15-7-3-2-4-8-15)21(31)19(14)28-27-18-10-6-5-9-17(18)22(23,24)25/h2-10,30H,11-12H2,1H3. The molecule has 0 fully saturated rings. The van der Waals surface area contributed by atoms with E-state index < -0.39 is 28.9 Å². The van der Waals surface area contributed by atoms with E-state index in [1.807, 2.05) is 36.4 Å². The maximum absolute atomic E-state index is 13.2. The van der Waals surface area contributed by atoms with E-state index in [0.717, 1.165) is 22.3 Å². The third kappa shape index (κ3) is 4.64. The minimum atomic E-state index is -4.65. The van der Waals surface area contributed by atoms with E-state index in [1.165, 1.54) is 19.1 Å². The predicted molar refractivity (Wildman–Crippen MR) is 108 cm³/mol. The molecule has 158 valence electrons. The molecule has 0 amide bonds. The summed E-state index contributed by atoms with van der Waals surface area (Å²) in [5, 5.41) is 27.2. The van der Waals surface area contributed by atoms with Crippen LogP contribution in [0.5, 0.6) is 5.88 Å². The van der Waals surface area contributed by atoms with Crippen LogP contribution in [-0.2, 0) is 19.1 Å². The van der Waals surface area contributed by atoms with E-state index in [2.05, 4.69) is 10.2 Å². The fraction of sp³-hybridized carbons (Fsp3) is 0.182. The van der Waals surface area contributed by atoms with Gasteiger partial charge < -0.3 is 5.11 Å². The number of alkyl halides is 3. The molecule has 0 unspecified atom stereocenters. The number of pyridine rings is 1. The zero-order chi connectivity index (χ0) is 22.6. The van der Waals surface area contributed by atoms with Crippen molar-refractivity contribution in [2.24, 2.45) is 10.2 Å². The third-order valence-corrected chi connectivity index (χ3v) is 4.70. The lowest BCUT2D eigenvalue weighted by molar-refractivity contribution is -0.137. The van der Waals surface area contributed by atoms with Crippen LogP contribution in [0.4, 0.5) is 24.5 Å². The highest BCUT2D eigenvalue weighted by Crippen LogP contribution is 2.37. The van der Waals surface area contributed by atoms with Crippen LogP contribution in [0.2, 0.25) is 0 Å². The number of benzene rings is 2. The van der Waals surface area contributed by atoms with Gasteiger partial charge in [-0.05, 0) is 31.0 Å². The van der Waals surface area contributed by atoms with Gasteiger partial charge >= 0.3 is 6.18 Å². The fourth-order valence-electron chi connectivity index (χ4n) is 3.05. The van der Waals surface area contributed by atoms with Gasteiger partial charge in [0.1, 0.15) is 11.6 Å². The Kier molecular flexibility index (Phi) is 6.20. The van der Waals surface area contributed by atoms with Crippen molar-refractivity contribution in [3.05, 3.63) is 87.2 Å². The molecule has 0 saturated heterocycles. The van der Waals surface area contributed by atoms with Crippen molar-refractivity contribution in [1.29, 1.82) is 5.26 Å². The first-order valence-corrected chi connectivity index (χ1v) is 9.22. The van der Waals surface area contributed by atoms with Gasteiger partial charge in [-0.25, -0.2) is 0 Å². The highest BCUT2D eigenvalue weighted by atomic mass is 19.4. The summed E-state index contributed by atoms with van der Waals surface area (Å²) in [4.78, 5) is 12.9. The van der Waals surface area contributed by atoms with Crippen LogP contribution in [-0.4, -0.2) is 9.67 Å². The minimum Gasteiger partial charge on any atom is -0.493 e. The van der Waals surface area contributed by atoms with E-state index in [0.29, 0.717) is 6.42 Å². The number of aromatic nitrogens is 1. The van der Waals surface area contributed by atoms with E-state index in [-0.39, 0.29) is 23.4 Å². The van der Waals surface area contributed by atoms with Crippen LogP contribution < -0.4 is 5.56 Å². The Morgan fingerprint density at radius 1 is 1.06 bits per heavy atom. The molecule has 9 heteroatoms. The molecular weight excluding hydrogens is 409 g/mol. The summed E-state index contributed by atoms with van der Waals surface area (Å²) in [6, 6.07) is 15.6. The van der Waals surface area contributed by atoms with Gasteiger partial charge in [0.15, 0.2) is 5.69 Å². The number of azo groups is 1. The molecule has 6 nitrogen and oxygen atoms in total. The molecule has 1 aromatic heterocycles. The Balaban J connectivity index is 2.06. The quantitative estimate of drug-likeness (QED) is 0.553. The first-order valence-electron chi connectivity index (χ1n) is 9.22. The molecule has 0 bridgehead atoms. The molecule has 0 aliphatic carbocycles. The van der Waals surface area contributed by atoms with Crippen LogP contribution >= 0.6 is 0 Å². The largest absolute Gasteiger partial charge is 0.493 e. The summed E-state index contributed by atoms with van der Waals surface area (Å²) in [5.74, 6) is -0.518. The monoisotopic (exact) mass is 426 g/mol. The smallest absolute Gasteiger partial charge is 0.418 e. The van der Waals surface area contributed by atoms with Gasteiger partial charge in [-0.15, -0.1) is 10.2 Å². The number of halogens is 3. The Hall–Kier alpha value is -3.93. The van der Waals surface area contributed by atoms with Crippen molar-refractivity contribution in [3.8, 4) is 11.9 Å². The highest BCUT2D eigenvalue weighted by Gasteiger charge is 2.33. The van der Waals surface area contributed by atoms with Crippen molar-refractivity contribution in [2.75, 3.05) is 0 Å². The van der Waals surface area contributed by atoms with Crippen LogP contribution in [0.3, 0.4) is 0 Å². The molecule has 0 atom stereocenters. The van der Waals surface area contributed by atoms with Gasteiger partial charge in [-0.3, -0.25) is 9.36 Å². The Morgan fingerprint density at radius 2 is 1.71 bits per heavy atom. The zero-order valence-electron chi connectivity index (χ0n) is 16.4. The lowest BCUT2D eigenvalue weighted by atomic mass is 10.1. The average Bonchev–Trinajstić information content (AvgIpc) is 2.74. The maximum atomic E-state index is 13.2. The van der Waals surface area contributed by atoms with Gasteiger partial charge in [-0.2, -0.15) is 18.4 Å². The molecule has 0 spiro atoms. The normalized spacial score (nSPS) is 11.6. The lowest BCUT2D eigenvalue weighted by Gasteiger charge is -2.13. The van der Waals surface area contributed by atoms with E-state index in [4.69, 9.17) is 0 Å². The molecular formula is C22H17F3N4O2. The van der Waals surface area contributed by atoms with Crippen LogP contribution in [0.15, 0.2) is 69.6 Å². The molecule has 0 saturated carbocycles. The van der Waals surface area contributed by atoms with Crippen molar-refractivity contribution >= 4 is 11.4 Å². The van der Waals surface area contributed by atoms with Gasteiger partial charge in [-0.1, -0.05) is 42.5 Å². The number of hydrogen-bond donors (Lipinski definition) is 1. The van der Waals surface area contributed by atoms with Crippen molar-refractivity contribution in [2.45, 2.75) is 26.1 Å². The van der Waals surface area contributed by atoms with E-state index >= 15 is 0 Å². The molecule has 3 rings (SSSR count). The Bertz CT molecular complexity index is 1230.